The molecular weight excluding hydrogens is 446 g/mol. The number of rotatable bonds is 12. The monoisotopic (exact) mass is 491 g/mol. The molecule has 186 valence electrons. The zero-order chi connectivity index (χ0) is 24.6. The van der Waals surface area contributed by atoms with Crippen LogP contribution in [0.25, 0.3) is 0 Å². The molecule has 1 heterocycles. The molecule has 0 unspecified atom stereocenters. The van der Waals surface area contributed by atoms with E-state index in [1.54, 1.807) is 4.90 Å². The second-order valence-corrected chi connectivity index (χ2v) is 16.1. The van der Waals surface area contributed by atoms with Crippen LogP contribution in [0.15, 0.2) is 30.3 Å². The zero-order valence-corrected chi connectivity index (χ0v) is 23.7. The molecule has 4 nitrogen and oxygen atoms in total. The van der Waals surface area contributed by atoms with E-state index in [1.807, 2.05) is 25.1 Å². The number of ether oxygens (including phenoxy) is 1. The minimum Gasteiger partial charge on any atom is -0.468 e. The van der Waals surface area contributed by atoms with Crippen LogP contribution in [0, 0.1) is 5.92 Å². The highest BCUT2D eigenvalue weighted by Gasteiger charge is 2.44. The van der Waals surface area contributed by atoms with E-state index in [-0.39, 0.29) is 29.0 Å². The van der Waals surface area contributed by atoms with Gasteiger partial charge in [0.05, 0.1) is 18.1 Å². The zero-order valence-electron chi connectivity index (χ0n) is 21.9. The lowest BCUT2D eigenvalue weighted by atomic mass is 9.96. The standard InChI is InChI=1S/C27H45NO3SSi/c1-8-9-10-11-15-18-24(31-33(6,7)27(3,4)5)21(2)25(29)28-23(20-30-26(28)32)19-22-16-13-12-14-17-22/h12-14,16-17,21,23-24H,8-11,15,18-20H2,1-7H3/t21-,23-,24+/m0/s1. The van der Waals surface area contributed by atoms with Crippen LogP contribution in [0.3, 0.4) is 0 Å². The Morgan fingerprint density at radius 1 is 1.18 bits per heavy atom. The van der Waals surface area contributed by atoms with Gasteiger partial charge in [-0.05, 0) is 48.8 Å². The molecule has 1 saturated heterocycles. The van der Waals surface area contributed by atoms with Crippen molar-refractivity contribution in [1.29, 1.82) is 0 Å². The summed E-state index contributed by atoms with van der Waals surface area (Å²) in [5, 5.41) is 0.403. The summed E-state index contributed by atoms with van der Waals surface area (Å²) < 4.78 is 12.5. The predicted octanol–water partition coefficient (Wildman–Crippen LogP) is 7.13. The maximum Gasteiger partial charge on any atom is 0.266 e. The van der Waals surface area contributed by atoms with Crippen LogP contribution < -0.4 is 0 Å². The number of hydrogen-bond acceptors (Lipinski definition) is 4. The predicted molar refractivity (Wildman–Crippen MR) is 144 cm³/mol. The van der Waals surface area contributed by atoms with E-state index in [2.05, 4.69) is 52.9 Å². The lowest BCUT2D eigenvalue weighted by Crippen LogP contribution is -2.50. The van der Waals surface area contributed by atoms with Gasteiger partial charge in [0.2, 0.25) is 5.91 Å². The topological polar surface area (TPSA) is 38.8 Å². The first-order valence-corrected chi connectivity index (χ1v) is 16.0. The van der Waals surface area contributed by atoms with Gasteiger partial charge in [0.15, 0.2) is 8.32 Å². The van der Waals surface area contributed by atoms with E-state index in [0.717, 1.165) is 19.3 Å². The Kier molecular flexibility index (Phi) is 10.6. The smallest absolute Gasteiger partial charge is 0.266 e. The van der Waals surface area contributed by atoms with Crippen LogP contribution in [0.5, 0.6) is 0 Å². The van der Waals surface area contributed by atoms with Crippen molar-refractivity contribution in [3.63, 3.8) is 0 Å². The molecule has 0 N–H and O–H groups in total. The van der Waals surface area contributed by atoms with Crippen LogP contribution >= 0.6 is 12.2 Å². The fourth-order valence-corrected chi connectivity index (χ4v) is 5.80. The van der Waals surface area contributed by atoms with Gasteiger partial charge in [-0.1, -0.05) is 97.1 Å². The summed E-state index contributed by atoms with van der Waals surface area (Å²) >= 11 is 5.47. The Bertz CT molecular complexity index is 762. The van der Waals surface area contributed by atoms with Crippen LogP contribution in [0.4, 0.5) is 0 Å². The highest BCUT2D eigenvalue weighted by Crippen LogP contribution is 2.39. The molecule has 0 aromatic heterocycles. The average Bonchev–Trinajstić information content (AvgIpc) is 3.11. The fraction of sp³-hybridized carbons (Fsp3) is 0.704. The molecule has 1 aliphatic heterocycles. The first-order chi connectivity index (χ1) is 15.5. The average molecular weight is 492 g/mol. The van der Waals surface area contributed by atoms with E-state index in [1.165, 1.54) is 31.2 Å². The van der Waals surface area contributed by atoms with Crippen molar-refractivity contribution in [2.45, 2.75) is 110 Å². The van der Waals surface area contributed by atoms with Gasteiger partial charge >= 0.3 is 0 Å². The Morgan fingerprint density at radius 3 is 2.42 bits per heavy atom. The van der Waals surface area contributed by atoms with Crippen LogP contribution in [0.2, 0.25) is 18.1 Å². The summed E-state index contributed by atoms with van der Waals surface area (Å²) in [5.74, 6) is -0.223. The summed E-state index contributed by atoms with van der Waals surface area (Å²) in [5.41, 5.74) is 1.19. The number of nitrogens with zero attached hydrogens (tertiary/aromatic N) is 1. The second-order valence-electron chi connectivity index (χ2n) is 11.0. The molecule has 1 fully saturated rings. The molecule has 0 saturated carbocycles. The van der Waals surface area contributed by atoms with Crippen molar-refractivity contribution >= 4 is 31.6 Å². The third-order valence-electron chi connectivity index (χ3n) is 7.30. The van der Waals surface area contributed by atoms with Crippen LogP contribution in [-0.4, -0.2) is 43.1 Å². The number of benzene rings is 1. The molecule has 1 aliphatic rings. The summed E-state index contributed by atoms with van der Waals surface area (Å²) in [6, 6.07) is 10.2. The number of carbonyl (C=O) groups is 1. The molecule has 1 aromatic carbocycles. The quantitative estimate of drug-likeness (QED) is 0.177. The molecule has 1 aromatic rings. The molecule has 0 radical (unpaired) electrons. The van der Waals surface area contributed by atoms with Crippen molar-refractivity contribution < 1.29 is 14.0 Å². The van der Waals surface area contributed by atoms with E-state index in [9.17, 15) is 4.79 Å². The normalized spacial score (nSPS) is 18.8. The molecule has 0 aliphatic carbocycles. The fourth-order valence-electron chi connectivity index (χ4n) is 4.06. The van der Waals surface area contributed by atoms with Crippen LogP contribution in [0.1, 0.15) is 78.7 Å². The first kappa shape index (κ1) is 28.0. The number of unbranched alkanes of at least 4 members (excludes halogenated alkanes) is 4. The Labute approximate surface area is 208 Å². The van der Waals surface area contributed by atoms with Gasteiger partial charge in [0, 0.05) is 0 Å². The first-order valence-electron chi connectivity index (χ1n) is 12.7. The molecule has 33 heavy (non-hydrogen) atoms. The minimum absolute atomic E-state index is 0.0377. The van der Waals surface area contributed by atoms with E-state index in [4.69, 9.17) is 21.4 Å². The van der Waals surface area contributed by atoms with Gasteiger partial charge in [0.25, 0.3) is 5.17 Å². The van der Waals surface area contributed by atoms with Crippen molar-refractivity contribution in [2.24, 2.45) is 5.92 Å². The van der Waals surface area contributed by atoms with Gasteiger partial charge in [-0.15, -0.1) is 0 Å². The van der Waals surface area contributed by atoms with Crippen molar-refractivity contribution in [3.05, 3.63) is 35.9 Å². The van der Waals surface area contributed by atoms with Gasteiger partial charge in [-0.3, -0.25) is 9.69 Å². The molecule has 3 atom stereocenters. The highest BCUT2D eigenvalue weighted by molar-refractivity contribution is 7.80. The van der Waals surface area contributed by atoms with E-state index < -0.39 is 8.32 Å². The Balaban J connectivity index is 2.16. The second kappa shape index (κ2) is 12.5. The molecule has 1 amide bonds. The number of amides is 1. The maximum atomic E-state index is 13.8. The molecule has 2 rings (SSSR count). The highest BCUT2D eigenvalue weighted by atomic mass is 32.1. The third-order valence-corrected chi connectivity index (χ3v) is 12.1. The van der Waals surface area contributed by atoms with Crippen molar-refractivity contribution in [3.8, 4) is 0 Å². The molecular formula is C27H45NO3SSi. The summed E-state index contributed by atoms with van der Waals surface area (Å²) in [6.45, 7) is 16.0. The third kappa shape index (κ3) is 7.90. The Hall–Kier alpha value is -1.24. The minimum atomic E-state index is -2.02. The Morgan fingerprint density at radius 2 is 1.82 bits per heavy atom. The number of hydrogen-bond donors (Lipinski definition) is 0. The summed E-state index contributed by atoms with van der Waals surface area (Å²) in [6.07, 6.45) is 7.57. The van der Waals surface area contributed by atoms with Crippen molar-refractivity contribution in [1.82, 2.24) is 4.90 Å². The summed E-state index contributed by atoms with van der Waals surface area (Å²) in [7, 11) is -2.02. The SMILES string of the molecule is CCCCCCC[C@@H](O[Si](C)(C)C(C)(C)C)[C@H](C)C(=O)N1C(=S)OC[C@@H]1Cc1ccccc1. The maximum absolute atomic E-state index is 13.8. The summed E-state index contributed by atoms with van der Waals surface area (Å²) in [4.78, 5) is 15.5. The lowest BCUT2D eigenvalue weighted by Gasteiger charge is -2.41. The number of thiocarbonyl (C=S) groups is 1. The van der Waals surface area contributed by atoms with E-state index >= 15 is 0 Å². The van der Waals surface area contributed by atoms with Gasteiger partial charge in [0.1, 0.15) is 6.61 Å². The lowest BCUT2D eigenvalue weighted by molar-refractivity contribution is -0.135. The van der Waals surface area contributed by atoms with Gasteiger partial charge in [-0.25, -0.2) is 0 Å². The molecule has 0 bridgehead atoms. The molecule has 0 spiro atoms. The van der Waals surface area contributed by atoms with Gasteiger partial charge in [-0.2, -0.15) is 0 Å². The number of carbonyl (C=O) groups excluding carboxylic acids is 1. The van der Waals surface area contributed by atoms with E-state index in [0.29, 0.717) is 11.8 Å². The van der Waals surface area contributed by atoms with Crippen molar-refractivity contribution in [2.75, 3.05) is 6.61 Å². The van der Waals surface area contributed by atoms with Crippen LogP contribution in [-0.2, 0) is 20.4 Å². The largest absolute Gasteiger partial charge is 0.468 e. The molecule has 6 heteroatoms. The van der Waals surface area contributed by atoms with Gasteiger partial charge < -0.3 is 9.16 Å².